The zero-order valence-electron chi connectivity index (χ0n) is 14.7. The second-order valence-electron chi connectivity index (χ2n) is 5.40. The highest BCUT2D eigenvalue weighted by Gasteiger charge is 2.06. The summed E-state index contributed by atoms with van der Waals surface area (Å²) < 4.78 is 18.5. The zero-order valence-corrected chi connectivity index (χ0v) is 15.7. The molecule has 3 rings (SSSR count). The Bertz CT molecular complexity index is 777. The van der Waals surface area contributed by atoms with Crippen LogP contribution in [-0.4, -0.2) is 22.0 Å². The van der Waals surface area contributed by atoms with Crippen LogP contribution in [0.25, 0.3) is 11.1 Å². The van der Waals surface area contributed by atoms with Gasteiger partial charge in [-0.2, -0.15) is 18.5 Å². The van der Waals surface area contributed by atoms with Crippen molar-refractivity contribution in [2.45, 2.75) is 26.4 Å². The van der Waals surface area contributed by atoms with Crippen LogP contribution >= 0.6 is 13.5 Å². The lowest BCUT2D eigenvalue weighted by atomic mass is 10.2. The maximum Gasteiger partial charge on any atom is 0.300 e. The number of nitrogens with two attached hydrogens (primary N) is 2. The average molecular weight is 393 g/mol. The fraction of sp³-hybridized carbons (Fsp3) is 0.235. The van der Waals surface area contributed by atoms with Gasteiger partial charge in [0.15, 0.2) is 5.58 Å². The van der Waals surface area contributed by atoms with E-state index in [9.17, 15) is 4.39 Å². The number of rotatable bonds is 3. The van der Waals surface area contributed by atoms with Crippen molar-refractivity contribution >= 4 is 36.3 Å². The first-order chi connectivity index (χ1) is 11.0. The summed E-state index contributed by atoms with van der Waals surface area (Å²) in [4.78, 5) is 4.22. The molecule has 26 heavy (non-hydrogen) atoms. The normalized spacial score (nSPS) is 9.31. The van der Waals surface area contributed by atoms with Crippen molar-refractivity contribution in [2.24, 2.45) is 11.5 Å². The molecule has 0 aliphatic rings. The van der Waals surface area contributed by atoms with Crippen LogP contribution in [-0.2, 0) is 6.54 Å². The molecule has 1 heterocycles. The van der Waals surface area contributed by atoms with Crippen LogP contribution in [0.1, 0.15) is 23.7 Å². The Morgan fingerprint density at radius 2 is 1.73 bits per heavy atom. The van der Waals surface area contributed by atoms with Crippen molar-refractivity contribution in [3.63, 3.8) is 0 Å². The van der Waals surface area contributed by atoms with Crippen LogP contribution in [0.3, 0.4) is 0 Å². The fourth-order valence-electron chi connectivity index (χ4n) is 1.80. The predicted octanol–water partition coefficient (Wildman–Crippen LogP) is 2.72. The van der Waals surface area contributed by atoms with Crippen molar-refractivity contribution in [3.8, 4) is 0 Å². The molecule has 0 fully saturated rings. The molecule has 1 aromatic heterocycles. The van der Waals surface area contributed by atoms with Crippen molar-refractivity contribution in [1.29, 1.82) is 0 Å². The standard InChI is InChI=1S/C14H12FN3O.C3H9N.2H2O.H2S.3H2/c15-10-3-6-12-13(7-10)19-14(18-12)17-11-4-1-9(8-16)2-5-11;1-3(2)4;;;;;;/h1-7H,8,16H2,(H,17,18);3H,4H2,1-2H3;3*1H2;3*1H. The Hall–Kier alpha value is -2.17. The third kappa shape index (κ3) is 7.81. The van der Waals surface area contributed by atoms with Crippen LogP contribution in [0.15, 0.2) is 46.9 Å². The molecular formula is C17H33FN4O3S. The number of nitrogens with one attached hydrogen (secondary N) is 1. The first-order valence-electron chi connectivity index (χ1n) is 7.35. The van der Waals surface area contributed by atoms with Crippen LogP contribution in [0.2, 0.25) is 0 Å². The summed E-state index contributed by atoms with van der Waals surface area (Å²) in [6.07, 6.45) is 0. The van der Waals surface area contributed by atoms with Gasteiger partial charge in [0.2, 0.25) is 0 Å². The molecule has 0 saturated heterocycles. The lowest BCUT2D eigenvalue weighted by molar-refractivity contribution is 0.604. The molecule has 0 aliphatic carbocycles. The minimum Gasteiger partial charge on any atom is -0.423 e. The first kappa shape index (κ1) is 26.1. The van der Waals surface area contributed by atoms with Crippen LogP contribution < -0.4 is 16.8 Å². The third-order valence-corrected chi connectivity index (χ3v) is 2.79. The monoisotopic (exact) mass is 392 g/mol. The Labute approximate surface area is 163 Å². The average Bonchev–Trinajstić information content (AvgIpc) is 2.89. The molecule has 9 heteroatoms. The van der Waals surface area contributed by atoms with Crippen LogP contribution in [0.5, 0.6) is 0 Å². The van der Waals surface area contributed by atoms with E-state index < -0.39 is 0 Å². The van der Waals surface area contributed by atoms with E-state index in [0.29, 0.717) is 29.7 Å². The molecule has 0 amide bonds. The van der Waals surface area contributed by atoms with Gasteiger partial charge in [-0.1, -0.05) is 26.0 Å². The maximum atomic E-state index is 13.0. The molecule has 152 valence electrons. The summed E-state index contributed by atoms with van der Waals surface area (Å²) in [5.41, 5.74) is 13.6. The molecule has 0 aliphatic heterocycles. The second-order valence-corrected chi connectivity index (χ2v) is 5.40. The number of aromatic nitrogens is 1. The highest BCUT2D eigenvalue weighted by Crippen LogP contribution is 2.22. The smallest absolute Gasteiger partial charge is 0.300 e. The minimum atomic E-state index is -0.345. The van der Waals surface area contributed by atoms with Gasteiger partial charge >= 0.3 is 0 Å². The van der Waals surface area contributed by atoms with E-state index >= 15 is 0 Å². The summed E-state index contributed by atoms with van der Waals surface area (Å²) >= 11 is 0. The fourth-order valence-corrected chi connectivity index (χ4v) is 1.80. The minimum absolute atomic E-state index is 0. The topological polar surface area (TPSA) is 153 Å². The molecule has 0 saturated carbocycles. The van der Waals surface area contributed by atoms with E-state index in [1.165, 1.54) is 12.1 Å². The first-order valence-corrected chi connectivity index (χ1v) is 7.35. The van der Waals surface area contributed by atoms with Gasteiger partial charge in [0.25, 0.3) is 6.01 Å². The highest BCUT2D eigenvalue weighted by molar-refractivity contribution is 7.59. The van der Waals surface area contributed by atoms with E-state index in [1.807, 2.05) is 38.1 Å². The van der Waals surface area contributed by atoms with Crippen molar-refractivity contribution < 1.29 is 24.0 Å². The van der Waals surface area contributed by atoms with Crippen molar-refractivity contribution in [2.75, 3.05) is 5.32 Å². The number of hydrogen-bond acceptors (Lipinski definition) is 5. The summed E-state index contributed by atoms with van der Waals surface area (Å²) in [6.45, 7) is 4.39. The lowest BCUT2D eigenvalue weighted by Crippen LogP contribution is -2.06. The molecule has 0 atom stereocenters. The summed E-state index contributed by atoms with van der Waals surface area (Å²) in [5.74, 6) is -0.345. The largest absolute Gasteiger partial charge is 0.423 e. The summed E-state index contributed by atoms with van der Waals surface area (Å²) in [5, 5.41) is 3.02. The molecule has 3 aromatic rings. The quantitative estimate of drug-likeness (QED) is 0.625. The number of hydrogen-bond donors (Lipinski definition) is 3. The number of halogens is 1. The van der Waals surface area contributed by atoms with E-state index in [1.54, 1.807) is 6.07 Å². The predicted molar refractivity (Wildman–Crippen MR) is 115 cm³/mol. The van der Waals surface area contributed by atoms with Crippen LogP contribution in [0.4, 0.5) is 16.1 Å². The van der Waals surface area contributed by atoms with Crippen LogP contribution in [0, 0.1) is 5.82 Å². The molecule has 0 bridgehead atoms. The highest BCUT2D eigenvalue weighted by atomic mass is 32.1. The van der Waals surface area contributed by atoms with E-state index in [-0.39, 0.29) is 34.5 Å². The van der Waals surface area contributed by atoms with Gasteiger partial charge in [-0.25, -0.2) is 4.39 Å². The number of fused-ring (bicyclic) bond motifs is 1. The number of oxazole rings is 1. The van der Waals surface area contributed by atoms with Gasteiger partial charge < -0.3 is 32.2 Å². The SMILES string of the molecule is CC(C)N.NCc1ccc(Nc2nc3ccc(F)cc3o2)cc1.O.O.S.[HH].[HH].[HH]. The number of nitrogens with zero attached hydrogens (tertiary/aromatic N) is 1. The van der Waals surface area contributed by atoms with Gasteiger partial charge in [0, 0.05) is 22.6 Å². The third-order valence-electron chi connectivity index (χ3n) is 2.79. The molecule has 9 N–H and O–H groups in total. The Morgan fingerprint density at radius 1 is 1.15 bits per heavy atom. The van der Waals surface area contributed by atoms with E-state index in [0.717, 1.165) is 11.3 Å². The maximum absolute atomic E-state index is 13.0. The molecular weight excluding hydrogens is 359 g/mol. The molecule has 7 nitrogen and oxygen atoms in total. The van der Waals surface area contributed by atoms with Gasteiger partial charge in [-0.15, -0.1) is 0 Å². The van der Waals surface area contributed by atoms with Gasteiger partial charge in [-0.05, 0) is 35.9 Å². The summed E-state index contributed by atoms with van der Waals surface area (Å²) in [6, 6.07) is 12.5. The Kier molecular flexibility index (Phi) is 12.3. The van der Waals surface area contributed by atoms with Gasteiger partial charge in [0.1, 0.15) is 11.3 Å². The van der Waals surface area contributed by atoms with E-state index in [2.05, 4.69) is 10.3 Å². The second kappa shape index (κ2) is 12.2. The molecule has 0 radical (unpaired) electrons. The van der Waals surface area contributed by atoms with Crippen molar-refractivity contribution in [1.82, 2.24) is 4.98 Å². The van der Waals surface area contributed by atoms with Crippen molar-refractivity contribution in [3.05, 3.63) is 53.8 Å². The number of anilines is 2. The summed E-state index contributed by atoms with van der Waals surface area (Å²) in [7, 11) is 0. The molecule has 0 spiro atoms. The lowest BCUT2D eigenvalue weighted by Gasteiger charge is -2.02. The number of benzene rings is 2. The van der Waals surface area contributed by atoms with E-state index in [4.69, 9.17) is 15.9 Å². The molecule has 0 unspecified atom stereocenters. The Morgan fingerprint density at radius 3 is 2.27 bits per heavy atom. The Balaban J connectivity index is -0.000000178. The molecule has 2 aromatic carbocycles. The van der Waals surface area contributed by atoms with Gasteiger partial charge in [-0.3, -0.25) is 0 Å². The zero-order chi connectivity index (χ0) is 16.8. The van der Waals surface area contributed by atoms with Gasteiger partial charge in [0.05, 0.1) is 0 Å².